The van der Waals surface area contributed by atoms with Crippen molar-refractivity contribution in [3.05, 3.63) is 47.6 Å². The summed E-state index contributed by atoms with van der Waals surface area (Å²) in [6, 6.07) is 9.72. The second-order valence-corrected chi connectivity index (χ2v) is 6.45. The monoisotopic (exact) mass is 344 g/mol. The fraction of sp³-hybridized carbons (Fsp3) is 0.500. The van der Waals surface area contributed by atoms with Gasteiger partial charge >= 0.3 is 6.03 Å². The molecule has 2 atom stereocenters. The smallest absolute Gasteiger partial charge is 0.315 e. The average Bonchev–Trinajstić information content (AvgIpc) is 3.25. The van der Waals surface area contributed by atoms with Gasteiger partial charge in [-0.2, -0.15) is 4.98 Å². The number of hydrogen-bond donors (Lipinski definition) is 2. The third-order valence-electron chi connectivity index (χ3n) is 4.16. The van der Waals surface area contributed by atoms with Gasteiger partial charge in [0.25, 0.3) is 0 Å². The number of carbonyl (C=O) groups excluding carboxylic acids is 1. The number of amides is 2. The molecule has 0 unspecified atom stereocenters. The Hall–Kier alpha value is -2.41. The Morgan fingerprint density at radius 1 is 1.32 bits per heavy atom. The van der Waals surface area contributed by atoms with E-state index in [1.54, 1.807) is 0 Å². The van der Waals surface area contributed by atoms with Gasteiger partial charge in [-0.15, -0.1) is 0 Å². The van der Waals surface area contributed by atoms with E-state index in [4.69, 9.17) is 9.26 Å². The van der Waals surface area contributed by atoms with Crippen molar-refractivity contribution >= 4 is 6.03 Å². The van der Waals surface area contributed by atoms with Crippen LogP contribution in [0.2, 0.25) is 0 Å². The molecule has 25 heavy (non-hydrogen) atoms. The van der Waals surface area contributed by atoms with Crippen LogP contribution in [0.1, 0.15) is 49.6 Å². The molecule has 7 nitrogen and oxygen atoms in total. The maximum atomic E-state index is 12.1. The number of hydrogen-bond acceptors (Lipinski definition) is 5. The van der Waals surface area contributed by atoms with Crippen molar-refractivity contribution in [3.8, 4) is 0 Å². The number of nitrogens with zero attached hydrogens (tertiary/aromatic N) is 2. The van der Waals surface area contributed by atoms with E-state index in [1.165, 1.54) is 0 Å². The number of urea groups is 1. The number of carbonyl (C=O) groups is 1. The van der Waals surface area contributed by atoms with Gasteiger partial charge in [-0.3, -0.25) is 0 Å². The average molecular weight is 344 g/mol. The van der Waals surface area contributed by atoms with E-state index in [9.17, 15) is 4.79 Å². The van der Waals surface area contributed by atoms with Gasteiger partial charge < -0.3 is 19.9 Å². The van der Waals surface area contributed by atoms with Crippen LogP contribution in [0.25, 0.3) is 0 Å². The molecule has 2 N–H and O–H groups in total. The molecule has 0 spiro atoms. The summed E-state index contributed by atoms with van der Waals surface area (Å²) >= 11 is 0. The Balaban J connectivity index is 1.45. The summed E-state index contributed by atoms with van der Waals surface area (Å²) in [5.41, 5.74) is 1.08. The summed E-state index contributed by atoms with van der Waals surface area (Å²) < 4.78 is 10.9. The quantitative estimate of drug-likeness (QED) is 0.841. The maximum Gasteiger partial charge on any atom is 0.315 e. The number of ether oxygens (including phenoxy) is 1. The third-order valence-corrected chi connectivity index (χ3v) is 4.16. The van der Waals surface area contributed by atoms with Crippen molar-refractivity contribution in [3.63, 3.8) is 0 Å². The van der Waals surface area contributed by atoms with Crippen molar-refractivity contribution in [2.24, 2.45) is 0 Å². The molecule has 1 fully saturated rings. The Morgan fingerprint density at radius 2 is 2.12 bits per heavy atom. The van der Waals surface area contributed by atoms with Gasteiger partial charge in [0, 0.05) is 25.5 Å². The maximum absolute atomic E-state index is 12.1. The molecular weight excluding hydrogens is 320 g/mol. The molecule has 1 aromatic carbocycles. The molecule has 0 saturated carbocycles. The van der Waals surface area contributed by atoms with Crippen molar-refractivity contribution in [2.75, 3.05) is 13.2 Å². The molecule has 0 radical (unpaired) electrons. The Bertz CT molecular complexity index is 687. The van der Waals surface area contributed by atoms with Crippen LogP contribution in [0.4, 0.5) is 4.79 Å². The molecule has 1 aromatic heterocycles. The highest BCUT2D eigenvalue weighted by atomic mass is 16.5. The van der Waals surface area contributed by atoms with Gasteiger partial charge in [0.1, 0.15) is 6.10 Å². The molecule has 2 heterocycles. The first-order chi connectivity index (χ1) is 12.1. The van der Waals surface area contributed by atoms with E-state index in [0.29, 0.717) is 31.3 Å². The number of aromatic nitrogens is 2. The zero-order valence-corrected chi connectivity index (χ0v) is 14.6. The normalized spacial score (nSPS) is 20.0. The van der Waals surface area contributed by atoms with Crippen molar-refractivity contribution in [2.45, 2.75) is 44.8 Å². The molecule has 1 aliphatic rings. The zero-order chi connectivity index (χ0) is 17.6. The number of benzene rings is 1. The van der Waals surface area contributed by atoms with E-state index in [1.807, 2.05) is 44.2 Å². The SMILES string of the molecule is CC(C)c1noc(CCNC(=O)N[C@H]2CCO[C@H]2c2ccccc2)n1. The summed E-state index contributed by atoms with van der Waals surface area (Å²) in [6.45, 7) is 5.10. The van der Waals surface area contributed by atoms with Gasteiger partial charge in [0.2, 0.25) is 5.89 Å². The van der Waals surface area contributed by atoms with Gasteiger partial charge in [-0.05, 0) is 12.0 Å². The van der Waals surface area contributed by atoms with Crippen LogP contribution >= 0.6 is 0 Å². The van der Waals surface area contributed by atoms with Gasteiger partial charge in [-0.1, -0.05) is 49.3 Å². The Morgan fingerprint density at radius 3 is 2.84 bits per heavy atom. The summed E-state index contributed by atoms with van der Waals surface area (Å²) in [7, 11) is 0. The lowest BCUT2D eigenvalue weighted by Crippen LogP contribution is -2.43. The summed E-state index contributed by atoms with van der Waals surface area (Å²) in [6.07, 6.45) is 1.21. The molecule has 1 saturated heterocycles. The van der Waals surface area contributed by atoms with Crippen LogP contribution in [0.3, 0.4) is 0 Å². The Labute approximate surface area is 147 Å². The predicted molar refractivity (Wildman–Crippen MR) is 92.2 cm³/mol. The lowest BCUT2D eigenvalue weighted by molar-refractivity contribution is 0.0999. The summed E-state index contributed by atoms with van der Waals surface area (Å²) in [5, 5.41) is 9.74. The molecule has 7 heteroatoms. The molecule has 0 aliphatic carbocycles. The van der Waals surface area contributed by atoms with Crippen LogP contribution in [-0.2, 0) is 11.2 Å². The summed E-state index contributed by atoms with van der Waals surface area (Å²) in [4.78, 5) is 16.4. The zero-order valence-electron chi connectivity index (χ0n) is 14.6. The second-order valence-electron chi connectivity index (χ2n) is 6.45. The minimum absolute atomic E-state index is 0.0293. The fourth-order valence-electron chi connectivity index (χ4n) is 2.82. The highest BCUT2D eigenvalue weighted by Gasteiger charge is 2.30. The standard InChI is InChI=1S/C18H24N4O3/c1-12(2)17-21-15(25-22-17)8-10-19-18(23)20-14-9-11-24-16(14)13-6-4-3-5-7-13/h3-7,12,14,16H,8-11H2,1-2H3,(H2,19,20,23)/t14-,16-/m0/s1. The molecule has 3 rings (SSSR count). The van der Waals surface area contributed by atoms with E-state index >= 15 is 0 Å². The van der Waals surface area contributed by atoms with E-state index in [0.717, 1.165) is 12.0 Å². The molecule has 1 aliphatic heterocycles. The second kappa shape index (κ2) is 8.11. The predicted octanol–water partition coefficient (Wildman–Crippen LogP) is 2.56. The van der Waals surface area contributed by atoms with E-state index < -0.39 is 0 Å². The van der Waals surface area contributed by atoms with Crippen LogP contribution in [-0.4, -0.2) is 35.4 Å². The van der Waals surface area contributed by atoms with Gasteiger partial charge in [-0.25, -0.2) is 4.79 Å². The van der Waals surface area contributed by atoms with Crippen molar-refractivity contribution in [1.29, 1.82) is 0 Å². The number of nitrogens with one attached hydrogen (secondary N) is 2. The van der Waals surface area contributed by atoms with Crippen LogP contribution in [0.15, 0.2) is 34.9 Å². The lowest BCUT2D eigenvalue weighted by Gasteiger charge is -2.20. The molecular formula is C18H24N4O3. The van der Waals surface area contributed by atoms with Gasteiger partial charge in [0.15, 0.2) is 5.82 Å². The largest absolute Gasteiger partial charge is 0.371 e. The first kappa shape index (κ1) is 17.4. The summed E-state index contributed by atoms with van der Waals surface area (Å²) in [5.74, 6) is 1.45. The Kier molecular flexibility index (Phi) is 5.65. The third kappa shape index (κ3) is 4.57. The fourth-order valence-corrected chi connectivity index (χ4v) is 2.82. The first-order valence-corrected chi connectivity index (χ1v) is 8.67. The molecule has 2 aromatic rings. The van der Waals surface area contributed by atoms with E-state index in [-0.39, 0.29) is 24.1 Å². The molecule has 134 valence electrons. The highest BCUT2D eigenvalue weighted by Crippen LogP contribution is 2.28. The number of rotatable bonds is 6. The highest BCUT2D eigenvalue weighted by molar-refractivity contribution is 5.74. The van der Waals surface area contributed by atoms with Crippen LogP contribution < -0.4 is 10.6 Å². The van der Waals surface area contributed by atoms with Crippen molar-refractivity contribution < 1.29 is 14.1 Å². The molecule has 0 bridgehead atoms. The van der Waals surface area contributed by atoms with Crippen LogP contribution in [0, 0.1) is 0 Å². The van der Waals surface area contributed by atoms with Crippen molar-refractivity contribution in [1.82, 2.24) is 20.8 Å². The van der Waals surface area contributed by atoms with E-state index in [2.05, 4.69) is 20.8 Å². The van der Waals surface area contributed by atoms with Crippen LogP contribution in [0.5, 0.6) is 0 Å². The topological polar surface area (TPSA) is 89.3 Å². The molecule has 2 amide bonds. The minimum atomic E-state index is -0.208. The first-order valence-electron chi connectivity index (χ1n) is 8.67. The van der Waals surface area contributed by atoms with Gasteiger partial charge in [0.05, 0.1) is 6.04 Å². The lowest BCUT2D eigenvalue weighted by atomic mass is 10.0. The minimum Gasteiger partial charge on any atom is -0.371 e.